The molecule has 14 nitrogen and oxygen atoms in total. The molecule has 46 heavy (non-hydrogen) atoms. The van der Waals surface area contributed by atoms with E-state index in [1.807, 2.05) is 0 Å². The fourth-order valence-corrected chi connectivity index (χ4v) is 6.99. The van der Waals surface area contributed by atoms with Crippen LogP contribution in [0.25, 0.3) is 11.1 Å². The Labute approximate surface area is 261 Å². The molecule has 14 heteroatoms. The van der Waals surface area contributed by atoms with Crippen LogP contribution in [0.5, 0.6) is 23.0 Å². The van der Waals surface area contributed by atoms with Crippen molar-refractivity contribution in [3.63, 3.8) is 0 Å². The van der Waals surface area contributed by atoms with Gasteiger partial charge in [-0.1, -0.05) is 13.8 Å². The lowest BCUT2D eigenvalue weighted by atomic mass is 9.79. The second-order valence-corrected chi connectivity index (χ2v) is 12.0. The molecule has 0 aromatic heterocycles. The number of aromatic hydroxyl groups is 2. The van der Waals surface area contributed by atoms with Gasteiger partial charge >= 0.3 is 23.9 Å². The van der Waals surface area contributed by atoms with E-state index in [1.165, 1.54) is 24.3 Å². The van der Waals surface area contributed by atoms with Crippen molar-refractivity contribution in [3.05, 3.63) is 35.4 Å². The molecule has 6 atom stereocenters. The first kappa shape index (κ1) is 30.9. The molecule has 2 N–H and O–H groups in total. The molecule has 2 fully saturated rings. The number of Topliss-reactive ketones (excluding diaryl/α,β-unsaturated/α-hetero) is 2. The van der Waals surface area contributed by atoms with E-state index in [2.05, 4.69) is 0 Å². The number of hydrogen-bond acceptors (Lipinski definition) is 14. The van der Waals surface area contributed by atoms with Crippen molar-refractivity contribution in [1.82, 2.24) is 0 Å². The third kappa shape index (κ3) is 4.37. The molecule has 0 bridgehead atoms. The van der Waals surface area contributed by atoms with E-state index in [1.54, 1.807) is 13.8 Å². The number of benzene rings is 2. The van der Waals surface area contributed by atoms with Gasteiger partial charge in [0.2, 0.25) is 11.2 Å². The van der Waals surface area contributed by atoms with Crippen LogP contribution in [-0.4, -0.2) is 83.3 Å². The Kier molecular flexibility index (Phi) is 7.21. The van der Waals surface area contributed by atoms with Crippen LogP contribution in [0.2, 0.25) is 0 Å². The molecule has 0 radical (unpaired) electrons. The molecule has 6 rings (SSSR count). The maximum atomic E-state index is 13.6. The molecule has 242 valence electrons. The van der Waals surface area contributed by atoms with Gasteiger partial charge in [0.25, 0.3) is 0 Å². The van der Waals surface area contributed by atoms with E-state index < -0.39 is 95.0 Å². The van der Waals surface area contributed by atoms with Crippen LogP contribution in [0.1, 0.15) is 60.2 Å². The molecule has 4 aliphatic rings. The molecule has 0 amide bonds. The van der Waals surface area contributed by atoms with Gasteiger partial charge in [-0.05, 0) is 24.3 Å². The van der Waals surface area contributed by atoms with Gasteiger partial charge in [-0.3, -0.25) is 19.2 Å². The van der Waals surface area contributed by atoms with Gasteiger partial charge < -0.3 is 38.6 Å². The Morgan fingerprint density at radius 3 is 1.37 bits per heavy atom. The fourth-order valence-electron chi connectivity index (χ4n) is 6.99. The van der Waals surface area contributed by atoms with Crippen molar-refractivity contribution in [2.24, 2.45) is 11.8 Å². The largest absolute Gasteiger partial charge is 0.506 e. The molecule has 0 spiro atoms. The highest BCUT2D eigenvalue weighted by molar-refractivity contribution is 6.10. The number of ether oxygens (including phenoxy) is 6. The molecule has 4 aliphatic heterocycles. The predicted octanol–water partition coefficient (Wildman–Crippen LogP) is 2.42. The van der Waals surface area contributed by atoms with Crippen molar-refractivity contribution in [3.8, 4) is 34.1 Å². The molecule has 6 unspecified atom stereocenters. The third-order valence-electron chi connectivity index (χ3n) is 9.07. The number of hydrogen-bond donors (Lipinski definition) is 2. The van der Waals surface area contributed by atoms with Gasteiger partial charge in [0, 0.05) is 23.0 Å². The quantitative estimate of drug-likeness (QED) is 0.357. The van der Waals surface area contributed by atoms with Gasteiger partial charge in [0.05, 0.1) is 39.9 Å². The van der Waals surface area contributed by atoms with Crippen LogP contribution in [0.15, 0.2) is 24.3 Å². The number of rotatable bonds is 5. The maximum Gasteiger partial charge on any atom is 0.354 e. The van der Waals surface area contributed by atoms with Crippen LogP contribution in [0, 0.1) is 11.8 Å². The number of carbonyl (C=O) groups excluding carboxylic acids is 6. The zero-order valence-corrected chi connectivity index (χ0v) is 25.2. The number of esters is 4. The molecular weight excluding hydrogens is 608 g/mol. The first-order valence-electron chi connectivity index (χ1n) is 14.5. The number of carbonyl (C=O) groups is 6. The molecule has 2 aromatic carbocycles. The summed E-state index contributed by atoms with van der Waals surface area (Å²) in [5.41, 5.74) is -4.69. The topological polar surface area (TPSA) is 198 Å². The van der Waals surface area contributed by atoms with E-state index >= 15 is 0 Å². The summed E-state index contributed by atoms with van der Waals surface area (Å²) in [6.45, 7) is 3.34. The first-order chi connectivity index (χ1) is 21.8. The van der Waals surface area contributed by atoms with Crippen molar-refractivity contribution in [2.45, 2.75) is 62.9 Å². The summed E-state index contributed by atoms with van der Waals surface area (Å²) >= 11 is 0. The summed E-state index contributed by atoms with van der Waals surface area (Å²) in [5, 5.41) is 22.6. The maximum absolute atomic E-state index is 13.6. The number of phenols is 2. The second kappa shape index (κ2) is 10.7. The highest BCUT2D eigenvalue weighted by Gasteiger charge is 2.61. The number of ketones is 2. The van der Waals surface area contributed by atoms with E-state index in [-0.39, 0.29) is 46.6 Å². The first-order valence-corrected chi connectivity index (χ1v) is 14.5. The third-order valence-corrected chi connectivity index (χ3v) is 9.07. The Morgan fingerprint density at radius 1 is 0.696 bits per heavy atom. The predicted molar refractivity (Wildman–Crippen MR) is 151 cm³/mol. The van der Waals surface area contributed by atoms with E-state index in [9.17, 15) is 39.0 Å². The van der Waals surface area contributed by atoms with Crippen LogP contribution in [0.4, 0.5) is 0 Å². The van der Waals surface area contributed by atoms with Crippen LogP contribution in [-0.2, 0) is 38.1 Å². The van der Waals surface area contributed by atoms with Gasteiger partial charge in [-0.25, -0.2) is 9.59 Å². The molecular formula is C32H30O14. The SMILES string of the molecule is COC(=O)C1(C2OC(=O)CC2C)CC(=O)c2c(ccc(-c3ccc4c(c3O)C(=O)CC(C(=O)OC)(C3OC(=O)CC3C)O4)c2O)O1. The summed E-state index contributed by atoms with van der Waals surface area (Å²) < 4.78 is 32.7. The second-order valence-electron chi connectivity index (χ2n) is 12.0. The van der Waals surface area contributed by atoms with Crippen molar-refractivity contribution < 1.29 is 67.4 Å². The van der Waals surface area contributed by atoms with Gasteiger partial charge in [-0.15, -0.1) is 0 Å². The van der Waals surface area contributed by atoms with Gasteiger partial charge in [-0.2, -0.15) is 0 Å². The highest BCUT2D eigenvalue weighted by atomic mass is 16.6. The van der Waals surface area contributed by atoms with Gasteiger partial charge in [0.15, 0.2) is 23.8 Å². The Balaban J connectivity index is 1.39. The number of phenolic OH excluding ortho intramolecular Hbond substituents is 2. The summed E-state index contributed by atoms with van der Waals surface area (Å²) in [6.07, 6.45) is -3.49. The summed E-state index contributed by atoms with van der Waals surface area (Å²) in [4.78, 5) is 77.2. The van der Waals surface area contributed by atoms with Crippen molar-refractivity contribution in [2.75, 3.05) is 14.2 Å². The smallest absolute Gasteiger partial charge is 0.354 e. The minimum Gasteiger partial charge on any atom is -0.506 e. The van der Waals surface area contributed by atoms with E-state index in [0.29, 0.717) is 0 Å². The Hall–Kier alpha value is -5.14. The standard InChI is InChI=1S/C32H30O14/c1-13-9-21(35)43-27(13)31(29(39)41-3)11-17(33)23-19(45-31)7-5-15(25(23)37)16-6-8-20-24(26(16)38)18(34)12-32(46-20,30(40)42-4)28-14(2)10-22(36)44-28/h5-8,13-14,27-28,37-38H,9-12H2,1-4H3. The van der Waals surface area contributed by atoms with Crippen LogP contribution in [0.3, 0.4) is 0 Å². The number of cyclic esters (lactones) is 2. The normalized spacial score (nSPS) is 29.9. The molecule has 0 saturated carbocycles. The lowest BCUT2D eigenvalue weighted by Crippen LogP contribution is -2.59. The van der Waals surface area contributed by atoms with Gasteiger partial charge in [0.1, 0.15) is 34.1 Å². The lowest BCUT2D eigenvalue weighted by molar-refractivity contribution is -0.178. The number of methoxy groups -OCH3 is 2. The average Bonchev–Trinajstić information content (AvgIpc) is 3.55. The van der Waals surface area contributed by atoms with Crippen molar-refractivity contribution >= 4 is 35.4 Å². The molecule has 2 aromatic rings. The van der Waals surface area contributed by atoms with Crippen LogP contribution < -0.4 is 9.47 Å². The monoisotopic (exact) mass is 638 g/mol. The molecule has 2 saturated heterocycles. The minimum atomic E-state index is -1.99. The Bertz CT molecular complexity index is 1600. The molecule has 0 aliphatic carbocycles. The highest BCUT2D eigenvalue weighted by Crippen LogP contribution is 2.51. The van der Waals surface area contributed by atoms with E-state index in [4.69, 9.17) is 28.4 Å². The number of fused-ring (bicyclic) bond motifs is 2. The Morgan fingerprint density at radius 2 is 1.07 bits per heavy atom. The van der Waals surface area contributed by atoms with Crippen molar-refractivity contribution in [1.29, 1.82) is 0 Å². The summed E-state index contributed by atoms with van der Waals surface area (Å²) in [6, 6.07) is 5.23. The minimum absolute atomic E-state index is 0.00360. The lowest BCUT2D eigenvalue weighted by Gasteiger charge is -2.40. The summed E-state index contributed by atoms with van der Waals surface area (Å²) in [7, 11) is 2.21. The zero-order chi connectivity index (χ0) is 33.3. The fraction of sp³-hybridized carbons (Fsp3) is 0.438. The van der Waals surface area contributed by atoms with E-state index in [0.717, 1.165) is 14.2 Å². The van der Waals surface area contributed by atoms with Crippen LogP contribution >= 0.6 is 0 Å². The average molecular weight is 639 g/mol. The molecule has 4 heterocycles. The summed E-state index contributed by atoms with van der Waals surface area (Å²) in [5.74, 6) is -6.98. The zero-order valence-electron chi connectivity index (χ0n) is 25.2.